The summed E-state index contributed by atoms with van der Waals surface area (Å²) >= 11 is 5.93. The smallest absolute Gasteiger partial charge is 0.222 e. The van der Waals surface area contributed by atoms with Gasteiger partial charge in [0, 0.05) is 49.7 Å². The van der Waals surface area contributed by atoms with Crippen molar-refractivity contribution in [3.63, 3.8) is 0 Å². The van der Waals surface area contributed by atoms with Gasteiger partial charge in [0.2, 0.25) is 5.91 Å². The molecular formula is C25H33ClFN3O. The van der Waals surface area contributed by atoms with Crippen molar-refractivity contribution in [3.05, 3.63) is 70.5 Å². The van der Waals surface area contributed by atoms with E-state index in [-0.39, 0.29) is 17.8 Å². The first-order valence-electron chi connectivity index (χ1n) is 11.2. The topological polar surface area (TPSA) is 26.8 Å². The molecule has 0 aromatic heterocycles. The zero-order chi connectivity index (χ0) is 22.2. The highest BCUT2D eigenvalue weighted by Crippen LogP contribution is 2.26. The Balaban J connectivity index is 1.60. The lowest BCUT2D eigenvalue weighted by Gasteiger charge is -2.41. The van der Waals surface area contributed by atoms with Gasteiger partial charge in [-0.05, 0) is 43.3 Å². The van der Waals surface area contributed by atoms with Crippen molar-refractivity contribution in [2.45, 2.75) is 32.7 Å². The first-order valence-corrected chi connectivity index (χ1v) is 11.6. The van der Waals surface area contributed by atoms with E-state index in [1.54, 1.807) is 12.1 Å². The Morgan fingerprint density at radius 2 is 1.68 bits per heavy atom. The predicted octanol–water partition coefficient (Wildman–Crippen LogP) is 4.64. The lowest BCUT2D eigenvalue weighted by atomic mass is 10.0. The Morgan fingerprint density at radius 3 is 2.29 bits per heavy atom. The lowest BCUT2D eigenvalue weighted by Crippen LogP contribution is -2.51. The van der Waals surface area contributed by atoms with Crippen LogP contribution in [0, 0.1) is 5.82 Å². The van der Waals surface area contributed by atoms with Gasteiger partial charge in [-0.1, -0.05) is 55.8 Å². The van der Waals surface area contributed by atoms with E-state index in [0.29, 0.717) is 24.5 Å². The maximum atomic E-state index is 14.6. The molecular weight excluding hydrogens is 413 g/mol. The molecule has 0 bridgehead atoms. The fraction of sp³-hybridized carbons (Fsp3) is 0.480. The summed E-state index contributed by atoms with van der Waals surface area (Å²) in [5.74, 6) is 0.0295. The van der Waals surface area contributed by atoms with E-state index >= 15 is 0 Å². The number of likely N-dealkylation sites (N-methyl/N-ethyl adjacent to an activating group) is 1. The van der Waals surface area contributed by atoms with Crippen molar-refractivity contribution >= 4 is 17.5 Å². The molecule has 0 aliphatic carbocycles. The van der Waals surface area contributed by atoms with Gasteiger partial charge in [-0.25, -0.2) is 4.39 Å². The molecule has 1 unspecified atom stereocenters. The minimum Gasteiger partial charge on any atom is -0.340 e. The fourth-order valence-electron chi connectivity index (χ4n) is 4.23. The second-order valence-corrected chi connectivity index (χ2v) is 8.50. The van der Waals surface area contributed by atoms with Crippen LogP contribution in [0.5, 0.6) is 0 Å². The number of piperazine rings is 1. The largest absolute Gasteiger partial charge is 0.340 e. The molecule has 31 heavy (non-hydrogen) atoms. The third kappa shape index (κ3) is 6.52. The predicted molar refractivity (Wildman–Crippen MR) is 125 cm³/mol. The number of benzene rings is 2. The number of carbonyl (C=O) groups excluding carboxylic acids is 1. The maximum Gasteiger partial charge on any atom is 0.222 e. The molecule has 0 N–H and O–H groups in total. The molecule has 1 aliphatic rings. The van der Waals surface area contributed by atoms with E-state index in [9.17, 15) is 9.18 Å². The number of hydrogen-bond donors (Lipinski definition) is 0. The summed E-state index contributed by atoms with van der Waals surface area (Å²) in [5, 5.41) is 0.709. The van der Waals surface area contributed by atoms with Gasteiger partial charge in [-0.3, -0.25) is 9.69 Å². The number of aryl methyl sites for hydroxylation is 1. The molecule has 4 nitrogen and oxygen atoms in total. The lowest BCUT2D eigenvalue weighted by molar-refractivity contribution is -0.133. The molecule has 1 heterocycles. The number of halogens is 2. The molecule has 0 spiro atoms. The van der Waals surface area contributed by atoms with Gasteiger partial charge < -0.3 is 9.80 Å². The van der Waals surface area contributed by atoms with E-state index in [1.807, 2.05) is 41.3 Å². The van der Waals surface area contributed by atoms with Crippen molar-refractivity contribution < 1.29 is 9.18 Å². The third-order valence-corrected chi connectivity index (χ3v) is 6.49. The number of hydrogen-bond acceptors (Lipinski definition) is 3. The molecule has 1 saturated heterocycles. The van der Waals surface area contributed by atoms with Crippen molar-refractivity contribution in [2.75, 3.05) is 45.8 Å². The van der Waals surface area contributed by atoms with E-state index < -0.39 is 0 Å². The van der Waals surface area contributed by atoms with Crippen molar-refractivity contribution in [3.8, 4) is 0 Å². The summed E-state index contributed by atoms with van der Waals surface area (Å²) in [7, 11) is 0. The molecule has 6 heteroatoms. The van der Waals surface area contributed by atoms with Gasteiger partial charge in [-0.15, -0.1) is 0 Å². The quantitative estimate of drug-likeness (QED) is 0.562. The second kappa shape index (κ2) is 11.6. The van der Waals surface area contributed by atoms with Gasteiger partial charge in [-0.2, -0.15) is 0 Å². The highest BCUT2D eigenvalue weighted by atomic mass is 35.5. The number of nitrogens with zero attached hydrogens (tertiary/aromatic N) is 3. The standard InChI is InChI=1S/C25H33ClFN3O/c1-3-28(4-2)19-24(22-7-5-6-8-23(22)27)29-15-17-30(18-16-29)25(31)14-11-20-9-12-21(26)13-10-20/h5-10,12-13,24H,3-4,11,14-19H2,1-2H3. The highest BCUT2D eigenvalue weighted by molar-refractivity contribution is 6.30. The van der Waals surface area contributed by atoms with E-state index in [2.05, 4.69) is 23.6 Å². The Bertz CT molecular complexity index is 833. The summed E-state index contributed by atoms with van der Waals surface area (Å²) < 4.78 is 14.6. The third-order valence-electron chi connectivity index (χ3n) is 6.24. The van der Waals surface area contributed by atoms with Crippen LogP contribution in [0.4, 0.5) is 4.39 Å². The summed E-state index contributed by atoms with van der Waals surface area (Å²) in [6.07, 6.45) is 1.22. The molecule has 2 aromatic rings. The summed E-state index contributed by atoms with van der Waals surface area (Å²) in [6, 6.07) is 14.7. The minimum absolute atomic E-state index is 0.00702. The Morgan fingerprint density at radius 1 is 1.03 bits per heavy atom. The average Bonchev–Trinajstić information content (AvgIpc) is 2.80. The van der Waals surface area contributed by atoms with Crippen LogP contribution in [0.3, 0.4) is 0 Å². The number of carbonyl (C=O) groups is 1. The van der Waals surface area contributed by atoms with Crippen LogP contribution in [-0.2, 0) is 11.2 Å². The fourth-order valence-corrected chi connectivity index (χ4v) is 4.35. The SMILES string of the molecule is CCN(CC)CC(c1ccccc1F)N1CCN(C(=O)CCc2ccc(Cl)cc2)CC1. The van der Waals surface area contributed by atoms with Crippen molar-refractivity contribution in [2.24, 2.45) is 0 Å². The number of amides is 1. The van der Waals surface area contributed by atoms with Crippen LogP contribution in [0.15, 0.2) is 48.5 Å². The van der Waals surface area contributed by atoms with Gasteiger partial charge in [0.25, 0.3) is 0 Å². The monoisotopic (exact) mass is 445 g/mol. The Labute approximate surface area is 190 Å². The van der Waals surface area contributed by atoms with Crippen LogP contribution in [0.25, 0.3) is 0 Å². The summed E-state index contributed by atoms with van der Waals surface area (Å²) in [5.41, 5.74) is 1.87. The van der Waals surface area contributed by atoms with Gasteiger partial charge in [0.1, 0.15) is 5.82 Å². The molecule has 3 rings (SSSR count). The Kier molecular flexibility index (Phi) is 8.88. The molecule has 1 aliphatic heterocycles. The van der Waals surface area contributed by atoms with Gasteiger partial charge in [0.15, 0.2) is 0 Å². The van der Waals surface area contributed by atoms with E-state index in [0.717, 1.165) is 50.3 Å². The van der Waals surface area contributed by atoms with Crippen LogP contribution in [0.1, 0.15) is 37.4 Å². The van der Waals surface area contributed by atoms with E-state index in [1.165, 1.54) is 0 Å². The molecule has 168 valence electrons. The second-order valence-electron chi connectivity index (χ2n) is 8.07. The molecule has 2 aromatic carbocycles. The first kappa shape index (κ1) is 23.7. The molecule has 1 atom stereocenters. The molecule has 1 fully saturated rings. The zero-order valence-corrected chi connectivity index (χ0v) is 19.3. The Hall–Kier alpha value is -1.95. The van der Waals surface area contributed by atoms with E-state index in [4.69, 9.17) is 11.6 Å². The molecule has 1 amide bonds. The maximum absolute atomic E-state index is 14.6. The average molecular weight is 446 g/mol. The van der Waals surface area contributed by atoms with Crippen LogP contribution >= 0.6 is 11.6 Å². The summed E-state index contributed by atoms with van der Waals surface area (Å²) in [4.78, 5) is 19.3. The molecule has 0 saturated carbocycles. The van der Waals surface area contributed by atoms with Crippen LogP contribution in [-0.4, -0.2) is 66.4 Å². The van der Waals surface area contributed by atoms with Crippen molar-refractivity contribution in [1.82, 2.24) is 14.7 Å². The highest BCUT2D eigenvalue weighted by Gasteiger charge is 2.29. The van der Waals surface area contributed by atoms with Gasteiger partial charge in [0.05, 0.1) is 6.04 Å². The van der Waals surface area contributed by atoms with Gasteiger partial charge >= 0.3 is 0 Å². The van der Waals surface area contributed by atoms with Crippen LogP contribution in [0.2, 0.25) is 5.02 Å². The summed E-state index contributed by atoms with van der Waals surface area (Å²) in [6.45, 7) is 9.82. The zero-order valence-electron chi connectivity index (χ0n) is 18.6. The van der Waals surface area contributed by atoms with Crippen LogP contribution < -0.4 is 0 Å². The normalized spacial score (nSPS) is 16.0. The van der Waals surface area contributed by atoms with Crippen molar-refractivity contribution in [1.29, 1.82) is 0 Å². The first-order chi connectivity index (χ1) is 15.0. The molecule has 0 radical (unpaired) electrons. The number of rotatable bonds is 9. The minimum atomic E-state index is -0.152.